The maximum atomic E-state index is 5.84. The molecule has 2 atom stereocenters. The summed E-state index contributed by atoms with van der Waals surface area (Å²) in [4.78, 5) is 0. The summed E-state index contributed by atoms with van der Waals surface area (Å²) >= 11 is 0. The molecule has 2 heteroatoms. The third-order valence-corrected chi connectivity index (χ3v) is 4.10. The molecule has 1 saturated carbocycles. The molecule has 0 spiro atoms. The van der Waals surface area contributed by atoms with Crippen molar-refractivity contribution in [2.24, 2.45) is 11.3 Å². The summed E-state index contributed by atoms with van der Waals surface area (Å²) in [6.07, 6.45) is 4.87. The molecule has 2 unspecified atom stereocenters. The Kier molecular flexibility index (Phi) is 4.95. The first kappa shape index (κ1) is 15.2. The number of nitrogens with one attached hydrogen (secondary N) is 1. The van der Waals surface area contributed by atoms with Crippen molar-refractivity contribution in [1.29, 1.82) is 0 Å². The van der Waals surface area contributed by atoms with Crippen LogP contribution in [0.4, 0.5) is 5.69 Å². The van der Waals surface area contributed by atoms with Crippen LogP contribution in [0.2, 0.25) is 0 Å². The van der Waals surface area contributed by atoms with E-state index in [2.05, 4.69) is 51.2 Å². The van der Waals surface area contributed by atoms with Crippen LogP contribution in [0.5, 0.6) is 5.75 Å². The highest BCUT2D eigenvalue weighted by Gasteiger charge is 2.32. The lowest BCUT2D eigenvalue weighted by molar-refractivity contribution is 0.177. The minimum absolute atomic E-state index is 0.439. The molecule has 0 amide bonds. The normalized spacial score (nSPS) is 25.2. The maximum absolute atomic E-state index is 5.84. The summed E-state index contributed by atoms with van der Waals surface area (Å²) in [6.45, 7) is 10.1. The molecule has 2 nitrogen and oxygen atoms in total. The van der Waals surface area contributed by atoms with E-state index >= 15 is 0 Å². The van der Waals surface area contributed by atoms with Crippen molar-refractivity contribution < 1.29 is 4.74 Å². The largest absolute Gasteiger partial charge is 0.491 e. The molecule has 20 heavy (non-hydrogen) atoms. The van der Waals surface area contributed by atoms with Crippen LogP contribution in [0.25, 0.3) is 0 Å². The first-order valence-corrected chi connectivity index (χ1v) is 7.98. The van der Waals surface area contributed by atoms with Crippen LogP contribution in [0.15, 0.2) is 24.3 Å². The quantitative estimate of drug-likeness (QED) is 0.807. The maximum Gasteiger partial charge on any atom is 0.142 e. The van der Waals surface area contributed by atoms with E-state index in [1.165, 1.54) is 19.3 Å². The standard InChI is InChI=1S/C18H29NO/c1-5-10-20-17-9-7-6-8-16(17)19-15-11-14(2)12-18(3,4)13-15/h6-9,14-15,19H,5,10-13H2,1-4H3. The second-order valence-corrected chi connectivity index (χ2v) is 7.10. The Morgan fingerprint density at radius 1 is 1.25 bits per heavy atom. The third kappa shape index (κ3) is 4.16. The van der Waals surface area contributed by atoms with E-state index in [4.69, 9.17) is 4.74 Å². The average molecular weight is 275 g/mol. The van der Waals surface area contributed by atoms with Crippen LogP contribution in [-0.2, 0) is 0 Å². The zero-order valence-electron chi connectivity index (χ0n) is 13.4. The topological polar surface area (TPSA) is 21.3 Å². The van der Waals surface area contributed by atoms with Gasteiger partial charge in [0.2, 0.25) is 0 Å². The first-order valence-electron chi connectivity index (χ1n) is 7.98. The van der Waals surface area contributed by atoms with Crippen LogP contribution < -0.4 is 10.1 Å². The summed E-state index contributed by atoms with van der Waals surface area (Å²) in [5.41, 5.74) is 1.59. The van der Waals surface area contributed by atoms with Gasteiger partial charge in [0.15, 0.2) is 0 Å². The predicted octanol–water partition coefficient (Wildman–Crippen LogP) is 5.10. The molecule has 1 aliphatic rings. The molecule has 1 aromatic rings. The first-order chi connectivity index (χ1) is 9.50. The second-order valence-electron chi connectivity index (χ2n) is 7.10. The van der Waals surface area contributed by atoms with Gasteiger partial charge in [-0.05, 0) is 49.1 Å². The summed E-state index contributed by atoms with van der Waals surface area (Å²) in [7, 11) is 0. The Morgan fingerprint density at radius 3 is 2.70 bits per heavy atom. The van der Waals surface area contributed by atoms with Crippen molar-refractivity contribution >= 4 is 5.69 Å². The summed E-state index contributed by atoms with van der Waals surface area (Å²) in [5.74, 6) is 1.78. The summed E-state index contributed by atoms with van der Waals surface area (Å²) in [5, 5.41) is 3.72. The number of ether oxygens (including phenoxy) is 1. The monoisotopic (exact) mass is 275 g/mol. The van der Waals surface area contributed by atoms with Gasteiger partial charge >= 0.3 is 0 Å². The van der Waals surface area contributed by atoms with E-state index in [0.29, 0.717) is 11.5 Å². The van der Waals surface area contributed by atoms with Gasteiger partial charge in [0.1, 0.15) is 5.75 Å². The third-order valence-electron chi connectivity index (χ3n) is 4.10. The lowest BCUT2D eigenvalue weighted by Gasteiger charge is -2.39. The van der Waals surface area contributed by atoms with Gasteiger partial charge in [-0.15, -0.1) is 0 Å². The SMILES string of the molecule is CCCOc1ccccc1NC1CC(C)CC(C)(C)C1. The fourth-order valence-corrected chi connectivity index (χ4v) is 3.60. The molecule has 1 aromatic carbocycles. The molecule has 2 rings (SSSR count). The highest BCUT2D eigenvalue weighted by Crippen LogP contribution is 2.40. The molecule has 112 valence electrons. The van der Waals surface area contributed by atoms with Crippen LogP contribution in [-0.4, -0.2) is 12.6 Å². The minimum Gasteiger partial charge on any atom is -0.491 e. The van der Waals surface area contributed by atoms with Crippen molar-refractivity contribution in [1.82, 2.24) is 0 Å². The van der Waals surface area contributed by atoms with Gasteiger partial charge in [-0.1, -0.05) is 39.8 Å². The lowest BCUT2D eigenvalue weighted by Crippen LogP contribution is -2.35. The molecular weight excluding hydrogens is 246 g/mol. The van der Waals surface area contributed by atoms with Crippen molar-refractivity contribution in [2.75, 3.05) is 11.9 Å². The summed E-state index contributed by atoms with van der Waals surface area (Å²) in [6, 6.07) is 8.88. The van der Waals surface area contributed by atoms with Gasteiger partial charge in [0.05, 0.1) is 12.3 Å². The number of benzene rings is 1. The van der Waals surface area contributed by atoms with E-state index in [9.17, 15) is 0 Å². The molecule has 0 bridgehead atoms. The number of para-hydroxylation sites is 2. The molecule has 0 heterocycles. The van der Waals surface area contributed by atoms with Crippen LogP contribution >= 0.6 is 0 Å². The Balaban J connectivity index is 2.05. The van der Waals surface area contributed by atoms with Crippen molar-refractivity contribution in [3.8, 4) is 5.75 Å². The Morgan fingerprint density at radius 2 is 2.00 bits per heavy atom. The molecule has 0 radical (unpaired) electrons. The zero-order chi connectivity index (χ0) is 14.6. The molecule has 0 saturated heterocycles. The van der Waals surface area contributed by atoms with E-state index in [1.54, 1.807) is 0 Å². The molecular formula is C18H29NO. The molecule has 0 aliphatic heterocycles. The average Bonchev–Trinajstić information content (AvgIpc) is 2.35. The summed E-state index contributed by atoms with van der Waals surface area (Å²) < 4.78 is 5.84. The van der Waals surface area contributed by atoms with Gasteiger partial charge in [-0.2, -0.15) is 0 Å². The molecule has 0 aromatic heterocycles. The molecule has 1 N–H and O–H groups in total. The Hall–Kier alpha value is -1.18. The second kappa shape index (κ2) is 6.51. The minimum atomic E-state index is 0.439. The smallest absolute Gasteiger partial charge is 0.142 e. The van der Waals surface area contributed by atoms with Crippen molar-refractivity contribution in [2.45, 2.75) is 59.4 Å². The lowest BCUT2D eigenvalue weighted by atomic mass is 9.70. The van der Waals surface area contributed by atoms with Crippen molar-refractivity contribution in [3.63, 3.8) is 0 Å². The zero-order valence-corrected chi connectivity index (χ0v) is 13.4. The highest BCUT2D eigenvalue weighted by atomic mass is 16.5. The van der Waals surface area contributed by atoms with Crippen LogP contribution in [0.1, 0.15) is 53.4 Å². The van der Waals surface area contributed by atoms with Gasteiger partial charge in [0.25, 0.3) is 0 Å². The van der Waals surface area contributed by atoms with E-state index < -0.39 is 0 Å². The number of hydrogen-bond acceptors (Lipinski definition) is 2. The number of rotatable bonds is 5. The van der Waals surface area contributed by atoms with Gasteiger partial charge < -0.3 is 10.1 Å². The predicted molar refractivity (Wildman–Crippen MR) is 86.4 cm³/mol. The van der Waals surface area contributed by atoms with E-state index in [0.717, 1.165) is 30.4 Å². The highest BCUT2D eigenvalue weighted by molar-refractivity contribution is 5.56. The molecule has 1 aliphatic carbocycles. The Labute approximate surface area is 123 Å². The number of anilines is 1. The van der Waals surface area contributed by atoms with Crippen LogP contribution in [0, 0.1) is 11.3 Å². The van der Waals surface area contributed by atoms with E-state index in [-0.39, 0.29) is 0 Å². The van der Waals surface area contributed by atoms with Crippen molar-refractivity contribution in [3.05, 3.63) is 24.3 Å². The van der Waals surface area contributed by atoms with Crippen LogP contribution in [0.3, 0.4) is 0 Å². The van der Waals surface area contributed by atoms with E-state index in [1.807, 2.05) is 6.07 Å². The van der Waals surface area contributed by atoms with Gasteiger partial charge in [-0.3, -0.25) is 0 Å². The van der Waals surface area contributed by atoms with Gasteiger partial charge in [-0.25, -0.2) is 0 Å². The fourth-order valence-electron chi connectivity index (χ4n) is 3.60. The number of hydrogen-bond donors (Lipinski definition) is 1. The van der Waals surface area contributed by atoms with Gasteiger partial charge in [0, 0.05) is 6.04 Å². The molecule has 1 fully saturated rings. The Bertz CT molecular complexity index is 427. The fraction of sp³-hybridized carbons (Fsp3) is 0.667.